The molecule has 0 saturated heterocycles. The summed E-state index contributed by atoms with van der Waals surface area (Å²) in [5, 5.41) is 0. The molecule has 5 heteroatoms. The number of pyridine rings is 2. The average molecular weight is 300 g/mol. The fourth-order valence-corrected chi connectivity index (χ4v) is 1.75. The second-order valence-corrected chi connectivity index (χ2v) is 4.24. The number of rotatable bonds is 3. The fourth-order valence-electron chi connectivity index (χ4n) is 1.19. The van der Waals surface area contributed by atoms with Crippen LogP contribution in [0, 0.1) is 0 Å². The highest BCUT2D eigenvalue weighted by molar-refractivity contribution is 9.10. The second-order valence-electron chi connectivity index (χ2n) is 3.06. The largest absolute Gasteiger partial charge is 0.454 e. The van der Waals surface area contributed by atoms with Crippen molar-refractivity contribution < 1.29 is 4.74 Å². The summed E-state index contributed by atoms with van der Waals surface area (Å²) in [6.07, 6.45) is 6.65. The summed E-state index contributed by atoms with van der Waals surface area (Å²) in [6, 6.07) is 3.66. The molecule has 0 spiro atoms. The predicted molar refractivity (Wildman–Crippen MR) is 65.8 cm³/mol. The Bertz CT molecular complexity index is 493. The van der Waals surface area contributed by atoms with Gasteiger partial charge in [0.1, 0.15) is 11.5 Å². The van der Waals surface area contributed by atoms with E-state index in [1.54, 1.807) is 24.8 Å². The predicted octanol–water partition coefficient (Wildman–Crippen LogP) is 3.77. The van der Waals surface area contributed by atoms with E-state index in [1.807, 2.05) is 12.1 Å². The summed E-state index contributed by atoms with van der Waals surface area (Å²) in [5.41, 5.74) is 0.900. The summed E-state index contributed by atoms with van der Waals surface area (Å²) < 4.78 is 6.50. The zero-order valence-corrected chi connectivity index (χ0v) is 10.6. The van der Waals surface area contributed by atoms with Crippen LogP contribution in [-0.2, 0) is 5.88 Å². The lowest BCUT2D eigenvalue weighted by atomic mass is 10.3. The zero-order valence-electron chi connectivity index (χ0n) is 8.23. The Morgan fingerprint density at radius 2 is 2.12 bits per heavy atom. The van der Waals surface area contributed by atoms with Gasteiger partial charge in [-0.05, 0) is 28.1 Å². The van der Waals surface area contributed by atoms with Gasteiger partial charge in [-0.25, -0.2) is 0 Å². The van der Waals surface area contributed by atoms with Gasteiger partial charge in [0, 0.05) is 22.4 Å². The lowest BCUT2D eigenvalue weighted by Gasteiger charge is -2.08. The Labute approximate surface area is 107 Å². The first-order valence-corrected chi connectivity index (χ1v) is 5.89. The number of ether oxygens (including phenoxy) is 1. The van der Waals surface area contributed by atoms with Crippen LogP contribution in [0.2, 0.25) is 0 Å². The summed E-state index contributed by atoms with van der Waals surface area (Å²) in [5.74, 6) is 1.69. The molecule has 2 aromatic heterocycles. The van der Waals surface area contributed by atoms with Crippen LogP contribution >= 0.6 is 27.5 Å². The molecule has 16 heavy (non-hydrogen) atoms. The van der Waals surface area contributed by atoms with E-state index in [1.165, 1.54) is 0 Å². The lowest BCUT2D eigenvalue weighted by molar-refractivity contribution is 0.473. The molecule has 0 bridgehead atoms. The molecule has 2 rings (SSSR count). The molecule has 82 valence electrons. The normalized spacial score (nSPS) is 10.1. The van der Waals surface area contributed by atoms with Gasteiger partial charge in [0.25, 0.3) is 0 Å². The van der Waals surface area contributed by atoms with Gasteiger partial charge in [-0.2, -0.15) is 0 Å². The Morgan fingerprint density at radius 1 is 1.25 bits per heavy atom. The zero-order chi connectivity index (χ0) is 11.4. The maximum absolute atomic E-state index is 5.80. The third-order valence-electron chi connectivity index (χ3n) is 1.92. The lowest BCUT2D eigenvalue weighted by Crippen LogP contribution is -1.91. The molecule has 2 aromatic rings. The van der Waals surface area contributed by atoms with Crippen LogP contribution < -0.4 is 4.74 Å². The molecule has 0 atom stereocenters. The molecule has 3 nitrogen and oxygen atoms in total. The van der Waals surface area contributed by atoms with Crippen molar-refractivity contribution >= 4 is 27.5 Å². The molecule has 0 N–H and O–H groups in total. The molecule has 0 aliphatic heterocycles. The Balaban J connectivity index is 2.26. The third-order valence-corrected chi connectivity index (χ3v) is 2.64. The van der Waals surface area contributed by atoms with E-state index < -0.39 is 0 Å². The number of halogens is 2. The van der Waals surface area contributed by atoms with Gasteiger partial charge in [0.2, 0.25) is 0 Å². The first kappa shape index (κ1) is 11.4. The minimum absolute atomic E-state index is 0.388. The number of nitrogens with zero attached hydrogens (tertiary/aromatic N) is 2. The van der Waals surface area contributed by atoms with Crippen molar-refractivity contribution in [1.82, 2.24) is 9.97 Å². The van der Waals surface area contributed by atoms with Gasteiger partial charge in [0.15, 0.2) is 0 Å². The minimum Gasteiger partial charge on any atom is -0.454 e. The molecule has 0 aromatic carbocycles. The van der Waals surface area contributed by atoms with Crippen molar-refractivity contribution in [1.29, 1.82) is 0 Å². The van der Waals surface area contributed by atoms with E-state index in [0.717, 1.165) is 10.0 Å². The Kier molecular flexibility index (Phi) is 3.74. The van der Waals surface area contributed by atoms with Crippen LogP contribution in [0.4, 0.5) is 0 Å². The molecule has 0 fully saturated rings. The third kappa shape index (κ3) is 2.71. The maximum atomic E-state index is 5.80. The van der Waals surface area contributed by atoms with E-state index in [0.29, 0.717) is 17.4 Å². The summed E-state index contributed by atoms with van der Waals surface area (Å²) in [4.78, 5) is 8.01. The average Bonchev–Trinajstić information content (AvgIpc) is 2.30. The van der Waals surface area contributed by atoms with Crippen LogP contribution in [0.25, 0.3) is 0 Å². The number of hydrogen-bond acceptors (Lipinski definition) is 3. The van der Waals surface area contributed by atoms with Crippen LogP contribution in [0.5, 0.6) is 11.5 Å². The van der Waals surface area contributed by atoms with Crippen molar-refractivity contribution in [3.05, 3.63) is 47.0 Å². The highest BCUT2D eigenvalue weighted by Crippen LogP contribution is 2.26. The quantitative estimate of drug-likeness (QED) is 0.809. The molecule has 0 aliphatic rings. The fraction of sp³-hybridized carbons (Fsp3) is 0.0909. The molecule has 0 unspecified atom stereocenters. The molecule has 0 amide bonds. The van der Waals surface area contributed by atoms with Gasteiger partial charge in [-0.3, -0.25) is 9.97 Å². The SMILES string of the molecule is ClCc1ccncc1Oc1cncc(Br)c1. The minimum atomic E-state index is 0.388. The molecule has 0 aliphatic carbocycles. The first-order chi connectivity index (χ1) is 7.79. The summed E-state index contributed by atoms with van der Waals surface area (Å²) in [7, 11) is 0. The molecule has 0 saturated carbocycles. The maximum Gasteiger partial charge on any atom is 0.150 e. The number of hydrogen-bond donors (Lipinski definition) is 0. The van der Waals surface area contributed by atoms with Crippen LogP contribution in [0.15, 0.2) is 41.4 Å². The van der Waals surface area contributed by atoms with Crippen molar-refractivity contribution in [3.8, 4) is 11.5 Å². The van der Waals surface area contributed by atoms with Gasteiger partial charge < -0.3 is 4.74 Å². The van der Waals surface area contributed by atoms with Gasteiger partial charge in [0.05, 0.1) is 18.3 Å². The molecule has 0 radical (unpaired) electrons. The number of aromatic nitrogens is 2. The summed E-state index contributed by atoms with van der Waals surface area (Å²) >= 11 is 9.12. The van der Waals surface area contributed by atoms with Crippen LogP contribution in [-0.4, -0.2) is 9.97 Å². The van der Waals surface area contributed by atoms with Crippen molar-refractivity contribution in [3.63, 3.8) is 0 Å². The molecule has 2 heterocycles. The van der Waals surface area contributed by atoms with E-state index in [-0.39, 0.29) is 0 Å². The molecular formula is C11H8BrClN2O. The van der Waals surface area contributed by atoms with E-state index in [9.17, 15) is 0 Å². The monoisotopic (exact) mass is 298 g/mol. The highest BCUT2D eigenvalue weighted by atomic mass is 79.9. The first-order valence-electron chi connectivity index (χ1n) is 4.57. The number of alkyl halides is 1. The highest BCUT2D eigenvalue weighted by Gasteiger charge is 2.04. The Morgan fingerprint density at radius 3 is 2.88 bits per heavy atom. The van der Waals surface area contributed by atoms with Gasteiger partial charge in [-0.15, -0.1) is 11.6 Å². The standard InChI is InChI=1S/C11H8BrClN2O/c12-9-3-10(6-15-5-9)16-11-7-14-2-1-8(11)4-13/h1-3,5-7H,4H2. The van der Waals surface area contributed by atoms with Gasteiger partial charge >= 0.3 is 0 Å². The van der Waals surface area contributed by atoms with E-state index >= 15 is 0 Å². The summed E-state index contributed by atoms with van der Waals surface area (Å²) in [6.45, 7) is 0. The Hall–Kier alpha value is -1.13. The van der Waals surface area contributed by atoms with Crippen molar-refractivity contribution in [2.24, 2.45) is 0 Å². The smallest absolute Gasteiger partial charge is 0.150 e. The van der Waals surface area contributed by atoms with E-state index in [2.05, 4.69) is 25.9 Å². The topological polar surface area (TPSA) is 35.0 Å². The second kappa shape index (κ2) is 5.27. The molecular weight excluding hydrogens is 291 g/mol. The van der Waals surface area contributed by atoms with Gasteiger partial charge in [-0.1, -0.05) is 0 Å². The van der Waals surface area contributed by atoms with Crippen molar-refractivity contribution in [2.45, 2.75) is 5.88 Å². The van der Waals surface area contributed by atoms with E-state index in [4.69, 9.17) is 16.3 Å². The van der Waals surface area contributed by atoms with Crippen LogP contribution in [0.1, 0.15) is 5.56 Å². The van der Waals surface area contributed by atoms with Crippen molar-refractivity contribution in [2.75, 3.05) is 0 Å². The van der Waals surface area contributed by atoms with Crippen LogP contribution in [0.3, 0.4) is 0 Å².